The topological polar surface area (TPSA) is 13.1 Å². The lowest BCUT2D eigenvalue weighted by Gasteiger charge is -2.39. The first-order valence-corrected chi connectivity index (χ1v) is 19.1. The maximum absolute atomic E-state index is 6.77. The van der Waals surface area contributed by atoms with Gasteiger partial charge < -0.3 is 4.42 Å². The molecule has 0 bridgehead atoms. The molecule has 1 spiro atoms. The van der Waals surface area contributed by atoms with Crippen molar-refractivity contribution in [2.75, 3.05) is 0 Å². The van der Waals surface area contributed by atoms with Gasteiger partial charge in [0, 0.05) is 22.4 Å². The smallest absolute Gasteiger partial charge is 0.140 e. The van der Waals surface area contributed by atoms with E-state index in [9.17, 15) is 0 Å². The van der Waals surface area contributed by atoms with Gasteiger partial charge in [-0.25, -0.2) is 0 Å². The second-order valence-electron chi connectivity index (χ2n) is 15.4. The van der Waals surface area contributed by atoms with Gasteiger partial charge >= 0.3 is 0 Å². The first-order chi connectivity index (χ1) is 26.8. The van der Waals surface area contributed by atoms with Crippen LogP contribution in [0.5, 0.6) is 0 Å². The molecule has 0 saturated heterocycles. The number of fused-ring (bicyclic) bond motifs is 13. The molecule has 0 aliphatic heterocycles. The summed E-state index contributed by atoms with van der Waals surface area (Å²) in [6.45, 7) is 0. The number of para-hydroxylation sites is 1. The second-order valence-corrected chi connectivity index (χ2v) is 15.4. The van der Waals surface area contributed by atoms with E-state index in [0.717, 1.165) is 17.8 Å². The highest BCUT2D eigenvalue weighted by Gasteiger charge is 2.54. The van der Waals surface area contributed by atoms with Crippen molar-refractivity contribution in [3.63, 3.8) is 0 Å². The van der Waals surface area contributed by atoms with Crippen molar-refractivity contribution in [2.24, 2.45) is 5.92 Å². The molecule has 54 heavy (non-hydrogen) atoms. The van der Waals surface area contributed by atoms with Crippen LogP contribution in [0.15, 0.2) is 208 Å². The Kier molecular flexibility index (Phi) is 5.47. The average molecular weight is 685 g/mol. The monoisotopic (exact) mass is 684 g/mol. The minimum Gasteiger partial charge on any atom is -0.456 e. The molecule has 2 unspecified atom stereocenters. The van der Waals surface area contributed by atoms with Crippen LogP contribution in [0.3, 0.4) is 0 Å². The van der Waals surface area contributed by atoms with E-state index in [1.54, 1.807) is 0 Å². The Morgan fingerprint density at radius 1 is 0.611 bits per heavy atom. The van der Waals surface area contributed by atoms with Crippen molar-refractivity contribution >= 4 is 32.9 Å². The summed E-state index contributed by atoms with van der Waals surface area (Å²) in [6.07, 6.45) is 17.6. The molecular weight excluding hydrogens is 653 g/mol. The van der Waals surface area contributed by atoms with Crippen LogP contribution < -0.4 is 0 Å². The molecule has 0 amide bonds. The largest absolute Gasteiger partial charge is 0.456 e. The number of hydrogen-bond donors (Lipinski definition) is 0. The number of benzene rings is 6. The summed E-state index contributed by atoms with van der Waals surface area (Å²) in [4.78, 5) is 0. The van der Waals surface area contributed by atoms with Gasteiger partial charge in [0.05, 0.1) is 5.41 Å². The first-order valence-electron chi connectivity index (χ1n) is 19.1. The van der Waals surface area contributed by atoms with E-state index in [0.29, 0.717) is 0 Å². The number of rotatable bonds is 2. The van der Waals surface area contributed by atoms with Gasteiger partial charge in [0.15, 0.2) is 0 Å². The van der Waals surface area contributed by atoms with Gasteiger partial charge in [-0.3, -0.25) is 0 Å². The summed E-state index contributed by atoms with van der Waals surface area (Å²) in [7, 11) is 0. The van der Waals surface area contributed by atoms with Gasteiger partial charge in [0.2, 0.25) is 0 Å². The van der Waals surface area contributed by atoms with Gasteiger partial charge in [-0.2, -0.15) is 0 Å². The number of hydrogen-bond acceptors (Lipinski definition) is 1. The number of allylic oxidation sites excluding steroid dienone is 14. The Balaban J connectivity index is 1.06. The number of furan rings is 1. The van der Waals surface area contributed by atoms with E-state index < -0.39 is 5.41 Å². The molecular formula is C53H32O. The van der Waals surface area contributed by atoms with Crippen molar-refractivity contribution in [1.82, 2.24) is 0 Å². The van der Waals surface area contributed by atoms with Crippen molar-refractivity contribution in [2.45, 2.75) is 11.8 Å². The molecule has 0 radical (unpaired) electrons. The molecule has 0 fully saturated rings. The molecule has 13 rings (SSSR count). The third-order valence-corrected chi connectivity index (χ3v) is 13.0. The average Bonchev–Trinajstić information content (AvgIpc) is 3.86. The van der Waals surface area contributed by atoms with E-state index in [1.165, 1.54) is 105 Å². The van der Waals surface area contributed by atoms with E-state index in [2.05, 4.69) is 176 Å². The van der Waals surface area contributed by atoms with Crippen LogP contribution in [0.4, 0.5) is 0 Å². The second kappa shape index (κ2) is 10.2. The molecule has 250 valence electrons. The van der Waals surface area contributed by atoms with Crippen LogP contribution in [0.25, 0.3) is 55.3 Å². The molecule has 6 aliphatic rings. The zero-order chi connectivity index (χ0) is 35.1. The van der Waals surface area contributed by atoms with Gasteiger partial charge in [0.1, 0.15) is 11.3 Å². The maximum atomic E-state index is 6.77. The van der Waals surface area contributed by atoms with Crippen LogP contribution in [-0.4, -0.2) is 0 Å². The van der Waals surface area contributed by atoms with E-state index >= 15 is 0 Å². The van der Waals surface area contributed by atoms with Gasteiger partial charge in [0.25, 0.3) is 0 Å². The Labute approximate surface area is 313 Å². The SMILES string of the molecule is C1=CC2=CC(c3cccc4ccccc34)=C3CC=CC4=C3C2C(=C1)C(c1ccc2c(c1)C1(c3ccccc3-2)c2ccccc2-c2oc3ccccc3c21)=C4. The molecule has 1 heterocycles. The van der Waals surface area contributed by atoms with Crippen LogP contribution in [0, 0.1) is 5.92 Å². The summed E-state index contributed by atoms with van der Waals surface area (Å²) in [5, 5.41) is 3.79. The standard InChI is InChI=1S/C53H32O/c1-2-16-35-31(12-1)13-9-20-36(35)44-29-34-15-10-21-39-43(28-33-14-11-22-40(44)50(33)49(34)39)32-26-27-38-37-17-3-6-23-45(37)53(47(38)30-32)46-24-7-4-18-41(46)52-51(53)42-19-5-8-25-48(42)54-52/h1-21,23-30,49H,22H2. The minimum absolute atomic E-state index is 0.208. The zero-order valence-corrected chi connectivity index (χ0v) is 29.4. The highest BCUT2D eigenvalue weighted by Crippen LogP contribution is 2.65. The lowest BCUT2D eigenvalue weighted by molar-refractivity contribution is 0.628. The van der Waals surface area contributed by atoms with E-state index in [4.69, 9.17) is 4.42 Å². The van der Waals surface area contributed by atoms with Gasteiger partial charge in [-0.15, -0.1) is 0 Å². The lowest BCUT2D eigenvalue weighted by Crippen LogP contribution is -2.26. The lowest BCUT2D eigenvalue weighted by atomic mass is 9.63. The molecule has 1 nitrogen and oxygen atoms in total. The minimum atomic E-state index is -0.481. The molecule has 6 aromatic carbocycles. The quantitative estimate of drug-likeness (QED) is 0.177. The predicted octanol–water partition coefficient (Wildman–Crippen LogP) is 13.1. The Hall–Kier alpha value is -6.70. The fraction of sp³-hybridized carbons (Fsp3) is 0.0566. The molecule has 2 atom stereocenters. The normalized spacial score (nSPS) is 20.8. The summed E-state index contributed by atoms with van der Waals surface area (Å²) >= 11 is 0. The van der Waals surface area contributed by atoms with Crippen LogP contribution >= 0.6 is 0 Å². The predicted molar refractivity (Wildman–Crippen MR) is 221 cm³/mol. The van der Waals surface area contributed by atoms with Crippen molar-refractivity contribution < 1.29 is 4.42 Å². The highest BCUT2D eigenvalue weighted by molar-refractivity contribution is 6.04. The van der Waals surface area contributed by atoms with E-state index in [-0.39, 0.29) is 5.92 Å². The summed E-state index contributed by atoms with van der Waals surface area (Å²) in [5.74, 6) is 1.21. The molecule has 0 N–H and O–H groups in total. The maximum Gasteiger partial charge on any atom is 0.140 e. The third kappa shape index (κ3) is 3.46. The molecule has 1 aromatic heterocycles. The first kappa shape index (κ1) is 28.8. The molecule has 6 aliphatic carbocycles. The fourth-order valence-electron chi connectivity index (χ4n) is 10.9. The van der Waals surface area contributed by atoms with Crippen LogP contribution in [0.1, 0.15) is 39.8 Å². The van der Waals surface area contributed by atoms with Crippen molar-refractivity contribution in [3.05, 3.63) is 237 Å². The molecule has 0 saturated carbocycles. The van der Waals surface area contributed by atoms with Crippen LogP contribution in [-0.2, 0) is 5.41 Å². The van der Waals surface area contributed by atoms with E-state index in [1.807, 2.05) is 0 Å². The van der Waals surface area contributed by atoms with Crippen LogP contribution in [0.2, 0.25) is 0 Å². The highest BCUT2D eigenvalue weighted by atomic mass is 16.3. The molecule has 1 heteroatoms. The van der Waals surface area contributed by atoms with Crippen molar-refractivity contribution in [1.29, 1.82) is 0 Å². The van der Waals surface area contributed by atoms with Gasteiger partial charge in [-0.05, 0) is 119 Å². The summed E-state index contributed by atoms with van der Waals surface area (Å²) in [5.41, 5.74) is 21.8. The Morgan fingerprint density at radius 2 is 1.35 bits per heavy atom. The molecule has 7 aromatic rings. The fourth-order valence-corrected chi connectivity index (χ4v) is 10.9. The summed E-state index contributed by atoms with van der Waals surface area (Å²) in [6, 6.07) is 49.4. The van der Waals surface area contributed by atoms with Crippen molar-refractivity contribution in [3.8, 4) is 22.5 Å². The third-order valence-electron chi connectivity index (χ3n) is 13.0. The Morgan fingerprint density at radius 3 is 2.28 bits per heavy atom. The zero-order valence-electron chi connectivity index (χ0n) is 29.4. The Bertz CT molecular complexity index is 3120. The van der Waals surface area contributed by atoms with Gasteiger partial charge in [-0.1, -0.05) is 152 Å². The summed E-state index contributed by atoms with van der Waals surface area (Å²) < 4.78 is 6.77.